The van der Waals surface area contributed by atoms with Crippen LogP contribution in [-0.2, 0) is 35.2 Å². The Morgan fingerprint density at radius 3 is 2.43 bits per heavy atom. The van der Waals surface area contributed by atoms with E-state index in [2.05, 4.69) is 40.1 Å². The van der Waals surface area contributed by atoms with Crippen LogP contribution in [0.2, 0.25) is 25.7 Å². The summed E-state index contributed by atoms with van der Waals surface area (Å²) in [6.07, 6.45) is 0.0126. The number of fused-ring (bicyclic) bond motifs is 4. The van der Waals surface area contributed by atoms with E-state index < -0.39 is 73.8 Å². The Kier molecular flexibility index (Phi) is 9.96. The highest BCUT2D eigenvalue weighted by atomic mass is 28.3. The van der Waals surface area contributed by atoms with Crippen molar-refractivity contribution in [1.29, 1.82) is 0 Å². The minimum absolute atomic E-state index is 0.0784. The van der Waals surface area contributed by atoms with E-state index in [-0.39, 0.29) is 42.3 Å². The Balaban J connectivity index is 1.29. The van der Waals surface area contributed by atoms with Crippen molar-refractivity contribution < 1.29 is 35.9 Å². The molecule has 0 saturated heterocycles. The van der Waals surface area contributed by atoms with Crippen LogP contribution in [0.25, 0.3) is 22.2 Å². The normalized spacial score (nSPS) is 18.0. The van der Waals surface area contributed by atoms with Gasteiger partial charge in [-0.25, -0.2) is 27.2 Å². The van der Waals surface area contributed by atoms with Gasteiger partial charge in [0.1, 0.15) is 41.8 Å². The van der Waals surface area contributed by atoms with Gasteiger partial charge in [0.15, 0.2) is 0 Å². The Labute approximate surface area is 309 Å². The predicted octanol–water partition coefficient (Wildman–Crippen LogP) is 8.65. The van der Waals surface area contributed by atoms with E-state index in [1.165, 1.54) is 6.20 Å². The molecule has 2 aliphatic carbocycles. The molecule has 4 heterocycles. The zero-order valence-electron chi connectivity index (χ0n) is 30.5. The number of nitrogens with zero attached hydrogens (tertiary/aromatic N) is 6. The molecule has 16 heteroatoms. The number of amides is 1. The van der Waals surface area contributed by atoms with E-state index in [9.17, 15) is 22.4 Å². The maximum absolute atomic E-state index is 15.3. The minimum Gasteiger partial charge on any atom is -0.360 e. The SMILES string of the molecule is CC(C)c1ccc(-c2cc3c(cnn3COCC[Si](C)(C)C)nc2C(Cc2cc(F)cc(F)c2)NC(=O)Cn2nc(C(F)F)c3c2C(F)(F)[C@@H]2C[C@H]32)cn1. The van der Waals surface area contributed by atoms with Crippen molar-refractivity contribution in [3.63, 3.8) is 0 Å². The summed E-state index contributed by atoms with van der Waals surface area (Å²) in [7, 11) is -1.35. The van der Waals surface area contributed by atoms with Crippen LogP contribution in [0.5, 0.6) is 0 Å². The van der Waals surface area contributed by atoms with Gasteiger partial charge in [-0.15, -0.1) is 0 Å². The largest absolute Gasteiger partial charge is 0.360 e. The van der Waals surface area contributed by atoms with Gasteiger partial charge in [0.05, 0.1) is 23.4 Å². The second-order valence-corrected chi connectivity index (χ2v) is 21.3. The number of rotatable bonds is 14. The van der Waals surface area contributed by atoms with Crippen molar-refractivity contribution in [2.75, 3.05) is 6.61 Å². The number of hydrogen-bond donors (Lipinski definition) is 1. The molecule has 1 saturated carbocycles. The van der Waals surface area contributed by atoms with Gasteiger partial charge in [0, 0.05) is 55.2 Å². The van der Waals surface area contributed by atoms with Crippen LogP contribution in [0.15, 0.2) is 48.8 Å². The fourth-order valence-electron chi connectivity index (χ4n) is 7.19. The molecule has 0 radical (unpaired) electrons. The molecule has 1 unspecified atom stereocenters. The summed E-state index contributed by atoms with van der Waals surface area (Å²) >= 11 is 0. The van der Waals surface area contributed by atoms with Crippen molar-refractivity contribution in [3.05, 3.63) is 94.3 Å². The van der Waals surface area contributed by atoms with Gasteiger partial charge >= 0.3 is 0 Å². The van der Waals surface area contributed by atoms with Crippen molar-refractivity contribution in [3.8, 4) is 11.1 Å². The van der Waals surface area contributed by atoms with Crippen molar-refractivity contribution in [2.45, 2.75) is 95.9 Å². The maximum Gasteiger partial charge on any atom is 0.293 e. The smallest absolute Gasteiger partial charge is 0.293 e. The second-order valence-electron chi connectivity index (χ2n) is 15.7. The van der Waals surface area contributed by atoms with Crippen LogP contribution >= 0.6 is 0 Å². The Bertz CT molecular complexity index is 2180. The molecule has 7 rings (SSSR count). The van der Waals surface area contributed by atoms with E-state index in [0.29, 0.717) is 33.4 Å². The standard InChI is InChI=1S/C38H41F6N7O2Si/c1-20(2)28-7-6-22(16-45-28)25-15-31-30(17-46-51(31)19-53-8-9-54(3,4)5)48-34(25)29(12-21-10-23(39)13-24(40)11-21)47-32(52)18-50-36-33(35(49-50)37(41)42)26-14-27(26)38(36,43)44/h6-7,10-11,13,15-17,20,26-27,29,37H,8-9,12,14,18-19H2,1-5H3,(H,47,52)/t26-,27+,29?/m0/s1. The van der Waals surface area contributed by atoms with Crippen LogP contribution < -0.4 is 5.32 Å². The minimum atomic E-state index is -3.42. The molecular weight excluding hydrogens is 729 g/mol. The van der Waals surface area contributed by atoms with Crippen molar-refractivity contribution in [2.24, 2.45) is 5.92 Å². The van der Waals surface area contributed by atoms with Crippen LogP contribution in [0.3, 0.4) is 0 Å². The van der Waals surface area contributed by atoms with E-state index >= 15 is 8.78 Å². The number of ether oxygens (including phenoxy) is 1. The molecule has 9 nitrogen and oxygen atoms in total. The molecule has 54 heavy (non-hydrogen) atoms. The molecule has 1 N–H and O–H groups in total. The summed E-state index contributed by atoms with van der Waals surface area (Å²) in [6, 6.07) is 8.38. The number of benzene rings is 1. The lowest BCUT2D eigenvalue weighted by atomic mass is 9.95. The Hall–Kier alpha value is -4.57. The lowest BCUT2D eigenvalue weighted by Gasteiger charge is -2.23. The highest BCUT2D eigenvalue weighted by molar-refractivity contribution is 6.76. The number of hydrogen-bond acceptors (Lipinski definition) is 6. The molecule has 1 amide bonds. The predicted molar refractivity (Wildman–Crippen MR) is 192 cm³/mol. The van der Waals surface area contributed by atoms with E-state index in [0.717, 1.165) is 29.9 Å². The third kappa shape index (κ3) is 7.54. The number of nitrogens with one attached hydrogen (secondary N) is 1. The van der Waals surface area contributed by atoms with Gasteiger partial charge in [0.2, 0.25) is 5.91 Å². The fraction of sp³-hybridized carbons (Fsp3) is 0.447. The molecule has 1 fully saturated rings. The van der Waals surface area contributed by atoms with Gasteiger partial charge in [-0.3, -0.25) is 14.5 Å². The first-order valence-corrected chi connectivity index (χ1v) is 21.6. The Morgan fingerprint density at radius 1 is 1.04 bits per heavy atom. The molecule has 1 aromatic carbocycles. The van der Waals surface area contributed by atoms with E-state index in [1.807, 2.05) is 32.0 Å². The number of carbonyl (C=O) groups excluding carboxylic acids is 1. The first kappa shape index (κ1) is 37.7. The van der Waals surface area contributed by atoms with Crippen LogP contribution in [0.4, 0.5) is 26.3 Å². The highest BCUT2D eigenvalue weighted by Crippen LogP contribution is 2.68. The summed E-state index contributed by atoms with van der Waals surface area (Å²) in [4.78, 5) is 23.4. The summed E-state index contributed by atoms with van der Waals surface area (Å²) < 4.78 is 95.9. The van der Waals surface area contributed by atoms with Crippen molar-refractivity contribution >= 4 is 25.0 Å². The topological polar surface area (TPSA) is 99.8 Å². The molecule has 286 valence electrons. The third-order valence-electron chi connectivity index (χ3n) is 10.0. The lowest BCUT2D eigenvalue weighted by Crippen LogP contribution is -2.35. The fourth-order valence-corrected chi connectivity index (χ4v) is 7.95. The quantitative estimate of drug-likeness (QED) is 0.0690. The summed E-state index contributed by atoms with van der Waals surface area (Å²) in [5, 5.41) is 11.1. The first-order chi connectivity index (χ1) is 25.5. The number of alkyl halides is 4. The zero-order chi connectivity index (χ0) is 38.7. The van der Waals surface area contributed by atoms with Crippen LogP contribution in [0, 0.1) is 17.6 Å². The molecule has 0 bridgehead atoms. The molecular formula is C38H41F6N7O2Si. The van der Waals surface area contributed by atoms with Gasteiger partial charge in [-0.1, -0.05) is 39.6 Å². The first-order valence-electron chi connectivity index (χ1n) is 17.9. The van der Waals surface area contributed by atoms with Gasteiger partial charge in [-0.2, -0.15) is 19.0 Å². The van der Waals surface area contributed by atoms with Gasteiger partial charge < -0.3 is 10.1 Å². The monoisotopic (exact) mass is 769 g/mol. The maximum atomic E-state index is 15.3. The zero-order valence-corrected chi connectivity index (χ0v) is 31.5. The number of carbonyl (C=O) groups is 1. The molecule has 2 aliphatic rings. The molecule has 5 aromatic rings. The number of aromatic nitrogens is 6. The van der Waals surface area contributed by atoms with E-state index in [4.69, 9.17) is 9.72 Å². The number of halogens is 6. The third-order valence-corrected chi connectivity index (χ3v) is 11.7. The average molecular weight is 770 g/mol. The van der Waals surface area contributed by atoms with Crippen LogP contribution in [-0.4, -0.2) is 50.1 Å². The summed E-state index contributed by atoms with van der Waals surface area (Å²) in [5.74, 6) is -7.64. The van der Waals surface area contributed by atoms with E-state index in [1.54, 1.807) is 10.9 Å². The number of pyridine rings is 2. The van der Waals surface area contributed by atoms with Crippen LogP contribution in [0.1, 0.15) is 78.5 Å². The second kappa shape index (κ2) is 14.3. The summed E-state index contributed by atoms with van der Waals surface area (Å²) in [5.41, 5.74) is 1.87. The highest BCUT2D eigenvalue weighted by Gasteiger charge is 2.67. The van der Waals surface area contributed by atoms with Gasteiger partial charge in [-0.05, 0) is 60.6 Å². The molecule has 4 aromatic heterocycles. The molecule has 0 spiro atoms. The molecule has 3 atom stereocenters. The Morgan fingerprint density at radius 2 is 1.78 bits per heavy atom. The summed E-state index contributed by atoms with van der Waals surface area (Å²) in [6.45, 7) is 10.7. The van der Waals surface area contributed by atoms with Crippen molar-refractivity contribution in [1.82, 2.24) is 34.8 Å². The lowest BCUT2D eigenvalue weighted by molar-refractivity contribution is -0.123. The molecule has 0 aliphatic heterocycles. The average Bonchev–Trinajstić information content (AvgIpc) is 3.57. The van der Waals surface area contributed by atoms with Gasteiger partial charge in [0.25, 0.3) is 12.3 Å².